The molecule has 0 aromatic carbocycles. The molecular weight excluding hydrogens is 288 g/mol. The van der Waals surface area contributed by atoms with Crippen LogP contribution in [0.3, 0.4) is 0 Å². The number of aromatic nitrogens is 1. The summed E-state index contributed by atoms with van der Waals surface area (Å²) in [6.07, 6.45) is 2.19. The molecule has 1 rings (SSSR count). The molecule has 7 heteroatoms. The predicted molar refractivity (Wildman–Crippen MR) is 74.9 cm³/mol. The summed E-state index contributed by atoms with van der Waals surface area (Å²) in [5.41, 5.74) is 0.321. The van der Waals surface area contributed by atoms with Crippen LogP contribution in [0.2, 0.25) is 0 Å². The average Bonchev–Trinajstić information content (AvgIpc) is 2.66. The molecule has 0 aliphatic heterocycles. The Bertz CT molecular complexity index is 564. The summed E-state index contributed by atoms with van der Waals surface area (Å²) in [5, 5.41) is 0. The molecule has 0 aliphatic carbocycles. The molecule has 1 aromatic rings. The van der Waals surface area contributed by atoms with Gasteiger partial charge in [0.25, 0.3) is 15.0 Å². The van der Waals surface area contributed by atoms with Crippen molar-refractivity contribution in [2.75, 3.05) is 6.54 Å². The van der Waals surface area contributed by atoms with Gasteiger partial charge in [-0.05, 0) is 26.3 Å². The first-order valence-corrected chi connectivity index (χ1v) is 8.41. The van der Waals surface area contributed by atoms with Gasteiger partial charge >= 0.3 is 0 Å². The summed E-state index contributed by atoms with van der Waals surface area (Å²) in [7, 11) is 3.10. The van der Waals surface area contributed by atoms with Crippen LogP contribution in [-0.2, 0) is 16.1 Å². The van der Waals surface area contributed by atoms with Gasteiger partial charge in [0.2, 0.25) is 0 Å². The van der Waals surface area contributed by atoms with E-state index in [1.165, 1.54) is 16.8 Å². The van der Waals surface area contributed by atoms with Crippen LogP contribution in [-0.4, -0.2) is 36.4 Å². The lowest BCUT2D eigenvalue weighted by Crippen LogP contribution is -2.38. The minimum absolute atomic E-state index is 0.0541. The van der Waals surface area contributed by atoms with Crippen molar-refractivity contribution in [1.29, 1.82) is 0 Å². The van der Waals surface area contributed by atoms with Crippen molar-refractivity contribution < 1.29 is 13.2 Å². The van der Waals surface area contributed by atoms with E-state index in [9.17, 15) is 13.2 Å². The van der Waals surface area contributed by atoms with E-state index in [4.69, 9.17) is 10.7 Å². The molecular formula is C12H19ClN2O3S. The van der Waals surface area contributed by atoms with Gasteiger partial charge in [0.15, 0.2) is 0 Å². The number of hydrogen-bond acceptors (Lipinski definition) is 3. The Morgan fingerprint density at radius 2 is 2.05 bits per heavy atom. The van der Waals surface area contributed by atoms with Crippen LogP contribution in [0, 0.1) is 0 Å². The van der Waals surface area contributed by atoms with Crippen LogP contribution in [0.1, 0.15) is 37.7 Å². The lowest BCUT2D eigenvalue weighted by atomic mass is 10.2. The molecule has 19 heavy (non-hydrogen) atoms. The molecule has 0 saturated heterocycles. The molecule has 5 nitrogen and oxygen atoms in total. The molecule has 0 radical (unpaired) electrons. The van der Waals surface area contributed by atoms with Crippen molar-refractivity contribution in [2.24, 2.45) is 7.05 Å². The fraction of sp³-hybridized carbons (Fsp3) is 0.583. The second-order valence-corrected chi connectivity index (χ2v) is 7.27. The maximum absolute atomic E-state index is 12.4. The van der Waals surface area contributed by atoms with Gasteiger partial charge in [-0.3, -0.25) is 4.79 Å². The number of halogens is 1. The van der Waals surface area contributed by atoms with E-state index < -0.39 is 9.05 Å². The number of amides is 1. The van der Waals surface area contributed by atoms with Crippen molar-refractivity contribution in [3.8, 4) is 0 Å². The van der Waals surface area contributed by atoms with E-state index in [-0.39, 0.29) is 16.8 Å². The summed E-state index contributed by atoms with van der Waals surface area (Å²) < 4.78 is 24.0. The fourth-order valence-electron chi connectivity index (χ4n) is 1.86. The first-order chi connectivity index (χ1) is 8.68. The summed E-state index contributed by atoms with van der Waals surface area (Å²) in [6, 6.07) is 1.37. The first kappa shape index (κ1) is 16.0. The Morgan fingerprint density at radius 1 is 1.47 bits per heavy atom. The second kappa shape index (κ2) is 5.96. The van der Waals surface area contributed by atoms with Crippen LogP contribution >= 0.6 is 10.7 Å². The van der Waals surface area contributed by atoms with Crippen LogP contribution < -0.4 is 0 Å². The van der Waals surface area contributed by atoms with E-state index >= 15 is 0 Å². The molecule has 0 fully saturated rings. The Balaban J connectivity index is 3.15. The Hall–Kier alpha value is -1.01. The van der Waals surface area contributed by atoms with Gasteiger partial charge < -0.3 is 9.47 Å². The van der Waals surface area contributed by atoms with Crippen molar-refractivity contribution in [3.63, 3.8) is 0 Å². The molecule has 1 amide bonds. The van der Waals surface area contributed by atoms with E-state index in [1.54, 1.807) is 11.9 Å². The third-order valence-electron chi connectivity index (χ3n) is 2.83. The monoisotopic (exact) mass is 306 g/mol. The normalized spacial score (nSPS) is 11.9. The number of nitrogens with zero attached hydrogens (tertiary/aromatic N) is 2. The smallest absolute Gasteiger partial charge is 0.270 e. The SMILES string of the molecule is CCCN(C(=O)c1cc(S(=O)(=O)Cl)cn1C)C(C)C. The predicted octanol–water partition coefficient (Wildman–Crippen LogP) is 2.21. The van der Waals surface area contributed by atoms with Gasteiger partial charge in [-0.25, -0.2) is 8.42 Å². The minimum atomic E-state index is -3.82. The maximum Gasteiger partial charge on any atom is 0.270 e. The molecule has 0 atom stereocenters. The number of aryl methyl sites for hydroxylation is 1. The number of hydrogen-bond donors (Lipinski definition) is 0. The third kappa shape index (κ3) is 3.73. The lowest BCUT2D eigenvalue weighted by molar-refractivity contribution is 0.0696. The highest BCUT2D eigenvalue weighted by Gasteiger charge is 2.23. The standard InChI is InChI=1S/C12H19ClN2O3S/c1-5-6-15(9(2)3)12(16)11-7-10(8-14(11)4)19(13,17)18/h7-9H,5-6H2,1-4H3. The molecule has 0 N–H and O–H groups in total. The second-order valence-electron chi connectivity index (χ2n) is 4.70. The Kier molecular flexibility index (Phi) is 5.04. The average molecular weight is 307 g/mol. The molecule has 1 aromatic heterocycles. The summed E-state index contributed by atoms with van der Waals surface area (Å²) in [6.45, 7) is 6.47. The molecule has 0 bridgehead atoms. The van der Waals surface area contributed by atoms with E-state index in [1.807, 2.05) is 20.8 Å². The van der Waals surface area contributed by atoms with E-state index in [0.717, 1.165) is 6.42 Å². The summed E-state index contributed by atoms with van der Waals surface area (Å²) in [4.78, 5) is 14.1. The van der Waals surface area contributed by atoms with Crippen molar-refractivity contribution >= 4 is 25.6 Å². The van der Waals surface area contributed by atoms with Crippen LogP contribution in [0.4, 0.5) is 0 Å². The van der Waals surface area contributed by atoms with E-state index in [0.29, 0.717) is 12.2 Å². The van der Waals surface area contributed by atoms with E-state index in [2.05, 4.69) is 0 Å². The van der Waals surface area contributed by atoms with Gasteiger partial charge in [-0.2, -0.15) is 0 Å². The Morgan fingerprint density at radius 3 is 2.42 bits per heavy atom. The minimum Gasteiger partial charge on any atom is -0.345 e. The number of carbonyl (C=O) groups excluding carboxylic acids is 1. The molecule has 1 heterocycles. The highest BCUT2D eigenvalue weighted by molar-refractivity contribution is 8.13. The highest BCUT2D eigenvalue weighted by atomic mass is 35.7. The van der Waals surface area contributed by atoms with Gasteiger partial charge in [-0.1, -0.05) is 6.92 Å². The van der Waals surface area contributed by atoms with Gasteiger partial charge in [0, 0.05) is 36.5 Å². The zero-order chi connectivity index (χ0) is 14.8. The van der Waals surface area contributed by atoms with Gasteiger partial charge in [0.1, 0.15) is 10.6 Å². The highest BCUT2D eigenvalue weighted by Crippen LogP contribution is 2.19. The van der Waals surface area contributed by atoms with Crippen LogP contribution in [0.15, 0.2) is 17.2 Å². The van der Waals surface area contributed by atoms with Crippen LogP contribution in [0.5, 0.6) is 0 Å². The topological polar surface area (TPSA) is 59.4 Å². The van der Waals surface area contributed by atoms with Crippen molar-refractivity contribution in [2.45, 2.75) is 38.1 Å². The summed E-state index contributed by atoms with van der Waals surface area (Å²) >= 11 is 0. The quantitative estimate of drug-likeness (QED) is 0.784. The molecule has 0 spiro atoms. The lowest BCUT2D eigenvalue weighted by Gasteiger charge is -2.26. The molecule has 108 valence electrons. The van der Waals surface area contributed by atoms with Crippen LogP contribution in [0.25, 0.3) is 0 Å². The molecule has 0 aliphatic rings. The zero-order valence-corrected chi connectivity index (χ0v) is 13.1. The van der Waals surface area contributed by atoms with Gasteiger partial charge in [-0.15, -0.1) is 0 Å². The first-order valence-electron chi connectivity index (χ1n) is 6.10. The molecule has 0 saturated carbocycles. The fourth-order valence-corrected chi connectivity index (χ4v) is 2.65. The maximum atomic E-state index is 12.4. The Labute approximate surface area is 118 Å². The summed E-state index contributed by atoms with van der Waals surface area (Å²) in [5.74, 6) is -0.189. The zero-order valence-electron chi connectivity index (χ0n) is 11.6. The van der Waals surface area contributed by atoms with Gasteiger partial charge in [0.05, 0.1) is 0 Å². The number of rotatable bonds is 5. The third-order valence-corrected chi connectivity index (χ3v) is 4.15. The molecule has 0 unspecified atom stereocenters. The largest absolute Gasteiger partial charge is 0.345 e. The number of carbonyl (C=O) groups is 1. The van der Waals surface area contributed by atoms with Crippen molar-refractivity contribution in [1.82, 2.24) is 9.47 Å². The van der Waals surface area contributed by atoms with Crippen molar-refractivity contribution in [3.05, 3.63) is 18.0 Å².